The van der Waals surface area contributed by atoms with Crippen molar-refractivity contribution in [3.05, 3.63) is 33.7 Å². The van der Waals surface area contributed by atoms with Crippen LogP contribution < -0.4 is 5.56 Å². The molecule has 1 aromatic rings. The zero-order chi connectivity index (χ0) is 7.72. The molecule has 0 aliphatic carbocycles. The van der Waals surface area contributed by atoms with E-state index in [0.717, 1.165) is 11.3 Å². The number of hydrogen-bond donors (Lipinski definition) is 0. The Morgan fingerprint density at radius 3 is 2.40 bits per heavy atom. The molecule has 0 amide bonds. The van der Waals surface area contributed by atoms with Gasteiger partial charge in [-0.3, -0.25) is 4.79 Å². The number of nitrogens with zero attached hydrogens (tertiary/aromatic N) is 1. The third-order valence-corrected chi connectivity index (χ3v) is 1.65. The van der Waals surface area contributed by atoms with Crippen molar-refractivity contribution in [1.29, 1.82) is 0 Å². The van der Waals surface area contributed by atoms with Crippen LogP contribution in [0.25, 0.3) is 0 Å². The Kier molecular flexibility index (Phi) is 1.62. The van der Waals surface area contributed by atoms with E-state index in [9.17, 15) is 4.79 Å². The van der Waals surface area contributed by atoms with E-state index in [0.29, 0.717) is 0 Å². The van der Waals surface area contributed by atoms with Gasteiger partial charge in [-0.1, -0.05) is 0 Å². The molecule has 1 aromatic heterocycles. The number of aromatic nitrogens is 1. The lowest BCUT2D eigenvalue weighted by Gasteiger charge is -2.01. The molecule has 0 unspecified atom stereocenters. The quantitative estimate of drug-likeness (QED) is 0.523. The summed E-state index contributed by atoms with van der Waals surface area (Å²) in [6.07, 6.45) is 0. The minimum Gasteiger partial charge on any atom is -0.316 e. The zero-order valence-electron chi connectivity index (χ0n) is 6.51. The molecule has 2 nitrogen and oxygen atoms in total. The maximum Gasteiger partial charge on any atom is 0.250 e. The van der Waals surface area contributed by atoms with Gasteiger partial charge in [0, 0.05) is 18.8 Å². The summed E-state index contributed by atoms with van der Waals surface area (Å²) in [7, 11) is 1.77. The molecule has 0 atom stereocenters. The summed E-state index contributed by atoms with van der Waals surface area (Å²) < 4.78 is 1.63. The van der Waals surface area contributed by atoms with Gasteiger partial charge in [-0.2, -0.15) is 0 Å². The molecule has 0 fully saturated rings. The van der Waals surface area contributed by atoms with E-state index in [2.05, 4.69) is 0 Å². The van der Waals surface area contributed by atoms with Crippen LogP contribution in [0.1, 0.15) is 11.3 Å². The van der Waals surface area contributed by atoms with Gasteiger partial charge in [0.15, 0.2) is 0 Å². The number of rotatable bonds is 0. The predicted octanol–water partition coefficient (Wildman–Crippen LogP) is 1.00. The molecule has 54 valence electrons. The van der Waals surface area contributed by atoms with Gasteiger partial charge < -0.3 is 4.57 Å². The largest absolute Gasteiger partial charge is 0.316 e. The summed E-state index contributed by atoms with van der Waals surface area (Å²) in [4.78, 5) is 11.0. The van der Waals surface area contributed by atoms with Crippen molar-refractivity contribution in [2.24, 2.45) is 7.05 Å². The van der Waals surface area contributed by atoms with Crippen LogP contribution >= 0.6 is 0 Å². The standard InChI is InChI=1S/C8H11NO/c1-6-4-7(2)9(3)8(10)5-6/h4-5H,1-3H3. The van der Waals surface area contributed by atoms with Gasteiger partial charge in [0.1, 0.15) is 0 Å². The molecule has 0 radical (unpaired) electrons. The monoisotopic (exact) mass is 137 g/mol. The van der Waals surface area contributed by atoms with Crippen molar-refractivity contribution in [3.63, 3.8) is 0 Å². The topological polar surface area (TPSA) is 22.0 Å². The summed E-state index contributed by atoms with van der Waals surface area (Å²) in [5.74, 6) is 0. The van der Waals surface area contributed by atoms with E-state index in [1.54, 1.807) is 17.7 Å². The molecule has 0 aliphatic heterocycles. The average Bonchev–Trinajstić information content (AvgIpc) is 1.82. The predicted molar refractivity (Wildman–Crippen MR) is 41.2 cm³/mol. The fraction of sp³-hybridized carbons (Fsp3) is 0.375. The highest BCUT2D eigenvalue weighted by Gasteiger charge is 1.93. The summed E-state index contributed by atoms with van der Waals surface area (Å²) in [5.41, 5.74) is 2.10. The Morgan fingerprint density at radius 2 is 1.90 bits per heavy atom. The van der Waals surface area contributed by atoms with Crippen LogP contribution in [-0.2, 0) is 7.05 Å². The Balaban J connectivity index is 3.46. The Hall–Kier alpha value is -1.05. The lowest BCUT2D eigenvalue weighted by atomic mass is 10.2. The van der Waals surface area contributed by atoms with Gasteiger partial charge in [0.2, 0.25) is 0 Å². The first-order valence-corrected chi connectivity index (χ1v) is 3.25. The van der Waals surface area contributed by atoms with Gasteiger partial charge in [-0.05, 0) is 25.5 Å². The van der Waals surface area contributed by atoms with Gasteiger partial charge in [-0.25, -0.2) is 0 Å². The van der Waals surface area contributed by atoms with Gasteiger partial charge in [0.05, 0.1) is 0 Å². The molecule has 10 heavy (non-hydrogen) atoms. The molecular weight excluding hydrogens is 126 g/mol. The molecule has 0 saturated heterocycles. The van der Waals surface area contributed by atoms with E-state index in [-0.39, 0.29) is 5.56 Å². The maximum absolute atomic E-state index is 11.0. The Morgan fingerprint density at radius 1 is 1.30 bits per heavy atom. The van der Waals surface area contributed by atoms with Crippen LogP contribution in [0, 0.1) is 13.8 Å². The normalized spacial score (nSPS) is 9.90. The number of aryl methyl sites for hydroxylation is 2. The fourth-order valence-electron chi connectivity index (χ4n) is 0.933. The molecule has 1 rings (SSSR count). The summed E-state index contributed by atoms with van der Waals surface area (Å²) in [5, 5.41) is 0. The van der Waals surface area contributed by atoms with Crippen LogP contribution in [-0.4, -0.2) is 4.57 Å². The average molecular weight is 137 g/mol. The second-order valence-corrected chi connectivity index (χ2v) is 2.57. The Bertz CT molecular complexity index is 299. The molecule has 0 N–H and O–H groups in total. The summed E-state index contributed by atoms with van der Waals surface area (Å²) in [6.45, 7) is 3.85. The van der Waals surface area contributed by atoms with E-state index < -0.39 is 0 Å². The molecule has 0 spiro atoms. The Labute approximate surface area is 60.1 Å². The molecule has 0 aliphatic rings. The van der Waals surface area contributed by atoms with Crippen LogP contribution in [0.5, 0.6) is 0 Å². The second-order valence-electron chi connectivity index (χ2n) is 2.57. The maximum atomic E-state index is 11.0. The van der Waals surface area contributed by atoms with Gasteiger partial charge >= 0.3 is 0 Å². The lowest BCUT2D eigenvalue weighted by Crippen LogP contribution is -2.17. The first kappa shape index (κ1) is 7.06. The highest BCUT2D eigenvalue weighted by molar-refractivity contribution is 5.14. The second kappa shape index (κ2) is 2.29. The van der Waals surface area contributed by atoms with E-state index in [4.69, 9.17) is 0 Å². The summed E-state index contributed by atoms with van der Waals surface area (Å²) in [6, 6.07) is 3.62. The highest BCUT2D eigenvalue weighted by atomic mass is 16.1. The molecular formula is C8H11NO. The minimum absolute atomic E-state index is 0.0671. The van der Waals surface area contributed by atoms with Crippen molar-refractivity contribution in [1.82, 2.24) is 4.57 Å². The highest BCUT2D eigenvalue weighted by Crippen LogP contribution is 1.95. The fourth-order valence-corrected chi connectivity index (χ4v) is 0.933. The first-order valence-electron chi connectivity index (χ1n) is 3.25. The van der Waals surface area contributed by atoms with Crippen LogP contribution in [0.4, 0.5) is 0 Å². The van der Waals surface area contributed by atoms with Gasteiger partial charge in [-0.15, -0.1) is 0 Å². The van der Waals surface area contributed by atoms with Gasteiger partial charge in [0.25, 0.3) is 5.56 Å². The van der Waals surface area contributed by atoms with Crippen molar-refractivity contribution in [3.8, 4) is 0 Å². The van der Waals surface area contributed by atoms with Crippen LogP contribution in [0.3, 0.4) is 0 Å². The molecule has 2 heteroatoms. The number of pyridine rings is 1. The van der Waals surface area contributed by atoms with E-state index in [1.807, 2.05) is 19.9 Å². The molecule has 0 saturated carbocycles. The van der Waals surface area contributed by atoms with E-state index in [1.165, 1.54) is 0 Å². The van der Waals surface area contributed by atoms with Crippen molar-refractivity contribution >= 4 is 0 Å². The van der Waals surface area contributed by atoms with E-state index >= 15 is 0 Å². The van der Waals surface area contributed by atoms with Crippen LogP contribution in [0.2, 0.25) is 0 Å². The van der Waals surface area contributed by atoms with Crippen LogP contribution in [0.15, 0.2) is 16.9 Å². The zero-order valence-corrected chi connectivity index (χ0v) is 6.51. The third-order valence-electron chi connectivity index (χ3n) is 1.65. The summed E-state index contributed by atoms with van der Waals surface area (Å²) >= 11 is 0. The molecule has 0 aromatic carbocycles. The first-order chi connectivity index (χ1) is 4.61. The number of hydrogen-bond acceptors (Lipinski definition) is 1. The molecule has 0 bridgehead atoms. The smallest absolute Gasteiger partial charge is 0.250 e. The third kappa shape index (κ3) is 1.10. The molecule has 1 heterocycles. The van der Waals surface area contributed by atoms with Crippen molar-refractivity contribution in [2.75, 3.05) is 0 Å². The minimum atomic E-state index is 0.0671. The SMILES string of the molecule is Cc1cc(C)n(C)c(=O)c1. The van der Waals surface area contributed by atoms with Crippen molar-refractivity contribution in [2.45, 2.75) is 13.8 Å². The lowest BCUT2D eigenvalue weighted by molar-refractivity contribution is 0.814. The van der Waals surface area contributed by atoms with Crippen molar-refractivity contribution < 1.29 is 0 Å².